The van der Waals surface area contributed by atoms with Gasteiger partial charge in [0.1, 0.15) is 5.75 Å². The van der Waals surface area contributed by atoms with Gasteiger partial charge in [0, 0.05) is 13.0 Å². The van der Waals surface area contributed by atoms with Crippen LogP contribution in [0.25, 0.3) is 0 Å². The maximum absolute atomic E-state index is 11.6. The molecule has 1 aromatic heterocycles. The molecule has 0 aliphatic carbocycles. The molecule has 2 rings (SSSR count). The molecule has 0 amide bonds. The lowest BCUT2D eigenvalue weighted by molar-refractivity contribution is 0.0600. The Labute approximate surface area is 159 Å². The third-order valence-corrected chi connectivity index (χ3v) is 3.93. The summed E-state index contributed by atoms with van der Waals surface area (Å²) in [7, 11) is 2.90. The molecule has 27 heavy (non-hydrogen) atoms. The predicted molar refractivity (Wildman–Crippen MR) is 103 cm³/mol. The van der Waals surface area contributed by atoms with E-state index in [1.165, 1.54) is 7.11 Å². The van der Waals surface area contributed by atoms with E-state index in [9.17, 15) is 4.79 Å². The summed E-state index contributed by atoms with van der Waals surface area (Å²) >= 11 is 0. The van der Waals surface area contributed by atoms with Crippen molar-refractivity contribution < 1.29 is 19.0 Å². The van der Waals surface area contributed by atoms with Crippen molar-refractivity contribution in [3.8, 4) is 11.5 Å². The highest BCUT2D eigenvalue weighted by molar-refractivity contribution is 5.89. The van der Waals surface area contributed by atoms with Gasteiger partial charge in [0.2, 0.25) is 5.95 Å². The summed E-state index contributed by atoms with van der Waals surface area (Å²) in [5.74, 6) is 1.53. The second-order valence-electron chi connectivity index (χ2n) is 5.84. The van der Waals surface area contributed by atoms with Gasteiger partial charge in [0.05, 0.1) is 32.6 Å². The van der Waals surface area contributed by atoms with Gasteiger partial charge in [-0.15, -0.1) is 0 Å². The Morgan fingerprint density at radius 3 is 2.78 bits per heavy atom. The molecule has 1 aromatic carbocycles. The monoisotopic (exact) mass is 374 g/mol. The number of anilines is 2. The number of hydrogen-bond acceptors (Lipinski definition) is 8. The average molecular weight is 374 g/mol. The average Bonchev–Trinajstić information content (AvgIpc) is 2.69. The summed E-state index contributed by atoms with van der Waals surface area (Å²) in [6.07, 6.45) is 4.25. The second-order valence-corrected chi connectivity index (χ2v) is 5.84. The van der Waals surface area contributed by atoms with E-state index >= 15 is 0 Å². The molecule has 0 saturated heterocycles. The van der Waals surface area contributed by atoms with Crippen molar-refractivity contribution in [1.82, 2.24) is 9.97 Å². The largest absolute Gasteiger partial charge is 0.496 e. The lowest BCUT2D eigenvalue weighted by Crippen LogP contribution is -2.10. The highest BCUT2D eigenvalue weighted by Gasteiger charge is 2.12. The van der Waals surface area contributed by atoms with Crippen LogP contribution in [0.1, 0.15) is 35.7 Å². The van der Waals surface area contributed by atoms with Crippen molar-refractivity contribution in [3.05, 3.63) is 35.5 Å². The maximum atomic E-state index is 11.6. The zero-order valence-electron chi connectivity index (χ0n) is 15.9. The molecule has 0 saturated carbocycles. The van der Waals surface area contributed by atoms with E-state index < -0.39 is 5.97 Å². The zero-order chi connectivity index (χ0) is 19.6. The van der Waals surface area contributed by atoms with Crippen LogP contribution in [-0.4, -0.2) is 43.3 Å². The number of hydrogen-bond donors (Lipinski definition) is 2. The first-order valence-electron chi connectivity index (χ1n) is 8.83. The van der Waals surface area contributed by atoms with Gasteiger partial charge in [-0.1, -0.05) is 19.4 Å². The fraction of sp³-hybridized carbons (Fsp3) is 0.421. The third kappa shape index (κ3) is 5.73. The number of nitrogens with zero attached hydrogens (tertiary/aromatic N) is 2. The van der Waals surface area contributed by atoms with Gasteiger partial charge in [0.15, 0.2) is 11.6 Å². The van der Waals surface area contributed by atoms with Crippen LogP contribution >= 0.6 is 0 Å². The molecule has 0 spiro atoms. The lowest BCUT2D eigenvalue weighted by Gasteiger charge is -2.13. The van der Waals surface area contributed by atoms with E-state index in [0.29, 0.717) is 35.9 Å². The molecule has 0 fully saturated rings. The second kappa shape index (κ2) is 10.2. The van der Waals surface area contributed by atoms with Crippen molar-refractivity contribution in [2.75, 3.05) is 38.4 Å². The van der Waals surface area contributed by atoms with E-state index in [-0.39, 0.29) is 5.95 Å². The van der Waals surface area contributed by atoms with Crippen LogP contribution in [0.2, 0.25) is 0 Å². The van der Waals surface area contributed by atoms with Gasteiger partial charge in [-0.05, 0) is 24.1 Å². The number of nitrogen functional groups attached to an aromatic ring is 1. The fourth-order valence-corrected chi connectivity index (χ4v) is 2.47. The molecule has 0 radical (unpaired) electrons. The quantitative estimate of drug-likeness (QED) is 0.483. The van der Waals surface area contributed by atoms with Gasteiger partial charge in [-0.2, -0.15) is 4.98 Å². The number of benzene rings is 1. The van der Waals surface area contributed by atoms with E-state index in [0.717, 1.165) is 24.9 Å². The Bertz CT molecular complexity index is 767. The van der Waals surface area contributed by atoms with Crippen LogP contribution in [0, 0.1) is 0 Å². The molecule has 0 unspecified atom stereocenters. The minimum atomic E-state index is -0.405. The molecular weight excluding hydrogens is 348 g/mol. The Balaban J connectivity index is 2.02. The van der Waals surface area contributed by atoms with Crippen LogP contribution in [0.4, 0.5) is 11.8 Å². The summed E-state index contributed by atoms with van der Waals surface area (Å²) in [5.41, 5.74) is 7.02. The molecular formula is C19H26N4O4. The van der Waals surface area contributed by atoms with Crippen LogP contribution < -0.4 is 20.5 Å². The summed E-state index contributed by atoms with van der Waals surface area (Å²) in [6, 6.07) is 5.19. The smallest absolute Gasteiger partial charge is 0.337 e. The summed E-state index contributed by atoms with van der Waals surface area (Å²) in [4.78, 5) is 19.8. The zero-order valence-corrected chi connectivity index (χ0v) is 15.9. The minimum absolute atomic E-state index is 0.196. The van der Waals surface area contributed by atoms with Crippen molar-refractivity contribution >= 4 is 17.7 Å². The molecule has 1 heterocycles. The van der Waals surface area contributed by atoms with Crippen molar-refractivity contribution in [1.29, 1.82) is 0 Å². The van der Waals surface area contributed by atoms with Gasteiger partial charge in [-0.3, -0.25) is 0 Å². The highest BCUT2D eigenvalue weighted by atomic mass is 16.5. The van der Waals surface area contributed by atoms with E-state index in [4.69, 9.17) is 19.9 Å². The SMILES string of the molecule is CCCCNc1nc(N)ncc1OCCc1ccc(C(=O)OC)cc1OC. The number of ether oxygens (including phenoxy) is 3. The lowest BCUT2D eigenvalue weighted by atomic mass is 10.1. The third-order valence-electron chi connectivity index (χ3n) is 3.93. The van der Waals surface area contributed by atoms with Crippen LogP contribution in [0.15, 0.2) is 24.4 Å². The number of carbonyl (C=O) groups is 1. The van der Waals surface area contributed by atoms with Crippen LogP contribution in [0.5, 0.6) is 11.5 Å². The molecule has 8 nitrogen and oxygen atoms in total. The highest BCUT2D eigenvalue weighted by Crippen LogP contribution is 2.24. The van der Waals surface area contributed by atoms with Crippen LogP contribution in [-0.2, 0) is 11.2 Å². The Morgan fingerprint density at radius 2 is 2.07 bits per heavy atom. The standard InChI is InChI=1S/C19H26N4O4/c1-4-5-9-21-17-16(12-22-19(20)23-17)27-10-8-13-6-7-14(18(24)26-3)11-15(13)25-2/h6-7,11-12H,4-5,8-10H2,1-3H3,(H3,20,21,22,23). The fourth-order valence-electron chi connectivity index (χ4n) is 2.47. The van der Waals surface area contributed by atoms with Gasteiger partial charge in [-0.25, -0.2) is 9.78 Å². The van der Waals surface area contributed by atoms with Crippen molar-refractivity contribution in [2.45, 2.75) is 26.2 Å². The number of aromatic nitrogens is 2. The summed E-state index contributed by atoms with van der Waals surface area (Å²) in [5, 5.41) is 3.22. The molecule has 0 aliphatic rings. The van der Waals surface area contributed by atoms with Crippen molar-refractivity contribution in [2.24, 2.45) is 0 Å². The summed E-state index contributed by atoms with van der Waals surface area (Å²) in [6.45, 7) is 3.29. The first-order valence-corrected chi connectivity index (χ1v) is 8.83. The Morgan fingerprint density at radius 1 is 1.26 bits per heavy atom. The molecule has 8 heteroatoms. The number of rotatable bonds is 10. The molecule has 2 aromatic rings. The minimum Gasteiger partial charge on any atom is -0.496 e. The number of esters is 1. The van der Waals surface area contributed by atoms with Gasteiger partial charge in [0.25, 0.3) is 0 Å². The Kier molecular flexibility index (Phi) is 7.66. The number of methoxy groups -OCH3 is 2. The molecule has 0 atom stereocenters. The van der Waals surface area contributed by atoms with Crippen molar-refractivity contribution in [3.63, 3.8) is 0 Å². The van der Waals surface area contributed by atoms with Crippen LogP contribution in [0.3, 0.4) is 0 Å². The maximum Gasteiger partial charge on any atom is 0.337 e. The normalized spacial score (nSPS) is 10.3. The molecule has 0 bridgehead atoms. The molecule has 146 valence electrons. The number of carbonyl (C=O) groups excluding carboxylic acids is 1. The number of nitrogens with one attached hydrogen (secondary N) is 1. The topological polar surface area (TPSA) is 109 Å². The number of unbranched alkanes of at least 4 members (excludes halogenated alkanes) is 1. The number of nitrogens with two attached hydrogens (primary N) is 1. The van der Waals surface area contributed by atoms with Gasteiger partial charge < -0.3 is 25.3 Å². The predicted octanol–water partition coefficient (Wildman–Crippen LogP) is 2.69. The summed E-state index contributed by atoms with van der Waals surface area (Å²) < 4.78 is 15.9. The van der Waals surface area contributed by atoms with E-state index in [1.54, 1.807) is 25.4 Å². The molecule has 3 N–H and O–H groups in total. The first kappa shape index (κ1) is 20.3. The Hall–Kier alpha value is -3.03. The van der Waals surface area contributed by atoms with E-state index in [1.807, 2.05) is 6.07 Å². The first-order chi connectivity index (χ1) is 13.1. The van der Waals surface area contributed by atoms with E-state index in [2.05, 4.69) is 22.2 Å². The molecule has 0 aliphatic heterocycles. The van der Waals surface area contributed by atoms with Gasteiger partial charge >= 0.3 is 5.97 Å².